The average Bonchev–Trinajstić information content (AvgIpc) is 2.64. The molecule has 0 atom stereocenters. The van der Waals surface area contributed by atoms with Crippen LogP contribution in [0.5, 0.6) is 0 Å². The highest BCUT2D eigenvalue weighted by atomic mass is 35.5. The van der Waals surface area contributed by atoms with Crippen molar-refractivity contribution in [2.75, 3.05) is 36.0 Å². The average molecular weight is 376 g/mol. The van der Waals surface area contributed by atoms with Gasteiger partial charge < -0.3 is 22.1 Å². The number of nitrogens with two attached hydrogens (primary N) is 4. The Morgan fingerprint density at radius 3 is 2.58 bits per heavy atom. The Balaban J connectivity index is 1.82. The van der Waals surface area contributed by atoms with Gasteiger partial charge in [-0.05, 0) is 30.9 Å². The molecule has 1 aliphatic heterocycles. The fourth-order valence-corrected chi connectivity index (χ4v) is 3.23. The lowest BCUT2D eigenvalue weighted by Crippen LogP contribution is -2.43. The summed E-state index contributed by atoms with van der Waals surface area (Å²) in [5, 5.41) is 6.58. The van der Waals surface area contributed by atoms with Crippen LogP contribution < -0.4 is 27.5 Å². The number of nitrogen functional groups attached to an aromatic ring is 2. The molecule has 26 heavy (non-hydrogen) atoms. The third-order valence-electron chi connectivity index (χ3n) is 5.00. The number of piperidine rings is 1. The van der Waals surface area contributed by atoms with E-state index in [4.69, 9.17) is 34.2 Å². The van der Waals surface area contributed by atoms with Crippen molar-refractivity contribution in [1.82, 2.24) is 15.0 Å². The van der Waals surface area contributed by atoms with Crippen molar-refractivity contribution in [3.05, 3.63) is 34.7 Å². The molecule has 0 bridgehead atoms. The summed E-state index contributed by atoms with van der Waals surface area (Å²) >= 11 is 6.16. The number of hydrogen-bond acceptors (Lipinski definition) is 7. The number of nitrogens with zero attached hydrogens (tertiary/aromatic N) is 4. The maximum atomic E-state index is 6.21. The highest BCUT2D eigenvalue weighted by molar-refractivity contribution is 6.35. The second kappa shape index (κ2) is 7.05. The van der Waals surface area contributed by atoms with E-state index in [1.807, 2.05) is 0 Å². The molecule has 0 radical (unpaired) electrons. The second-order valence-corrected chi connectivity index (χ2v) is 7.37. The summed E-state index contributed by atoms with van der Waals surface area (Å²) in [4.78, 5) is 15.0. The van der Waals surface area contributed by atoms with Crippen molar-refractivity contribution >= 4 is 34.8 Å². The minimum Gasteiger partial charge on any atom is -0.384 e. The summed E-state index contributed by atoms with van der Waals surface area (Å²) < 4.78 is 0. The zero-order chi connectivity index (χ0) is 18.9. The lowest BCUT2D eigenvalue weighted by Gasteiger charge is -2.39. The fourth-order valence-electron chi connectivity index (χ4n) is 3.02. The molecule has 0 amide bonds. The Kier molecular flexibility index (Phi) is 4.97. The molecule has 8 N–H and O–H groups in total. The Morgan fingerprint density at radius 1 is 1.27 bits per heavy atom. The summed E-state index contributed by atoms with van der Waals surface area (Å²) in [7, 11) is 0. The summed E-state index contributed by atoms with van der Waals surface area (Å²) in [5.41, 5.74) is 19.1. The van der Waals surface area contributed by atoms with Crippen LogP contribution >= 0.6 is 11.6 Å². The van der Waals surface area contributed by atoms with Gasteiger partial charge in [0.2, 0.25) is 5.71 Å². The Labute approximate surface area is 157 Å². The summed E-state index contributed by atoms with van der Waals surface area (Å²) in [6, 6.07) is 1.59. The SMILES string of the molecule is CC1(CN)CCN(c2cnc(C(=[NH2+])c3cc(N)ncc3Cl)c(N)n2)CC1. The first kappa shape index (κ1) is 18.3. The van der Waals surface area contributed by atoms with Crippen molar-refractivity contribution in [2.45, 2.75) is 19.8 Å². The van der Waals surface area contributed by atoms with E-state index in [2.05, 4.69) is 26.8 Å². The molecule has 3 rings (SSSR count). The van der Waals surface area contributed by atoms with E-state index in [1.54, 1.807) is 12.3 Å². The van der Waals surface area contributed by atoms with Crippen LogP contribution in [0.3, 0.4) is 0 Å². The first-order valence-corrected chi connectivity index (χ1v) is 8.82. The maximum absolute atomic E-state index is 6.21. The number of aromatic nitrogens is 3. The molecule has 1 saturated heterocycles. The summed E-state index contributed by atoms with van der Waals surface area (Å²) in [6.07, 6.45) is 5.14. The van der Waals surface area contributed by atoms with Gasteiger partial charge in [0.05, 0.1) is 16.8 Å². The molecule has 3 heterocycles. The molecule has 0 aromatic carbocycles. The Hall–Kier alpha value is -2.45. The van der Waals surface area contributed by atoms with Gasteiger partial charge in [0.1, 0.15) is 11.6 Å². The number of anilines is 3. The summed E-state index contributed by atoms with van der Waals surface area (Å²) in [6.45, 7) is 4.64. The zero-order valence-electron chi connectivity index (χ0n) is 14.7. The molecule has 1 aliphatic rings. The van der Waals surface area contributed by atoms with Gasteiger partial charge in [-0.15, -0.1) is 0 Å². The van der Waals surface area contributed by atoms with Crippen LogP contribution in [0.25, 0.3) is 0 Å². The van der Waals surface area contributed by atoms with Crippen LogP contribution in [-0.4, -0.2) is 40.3 Å². The van der Waals surface area contributed by atoms with Gasteiger partial charge in [0.15, 0.2) is 11.5 Å². The highest BCUT2D eigenvalue weighted by Crippen LogP contribution is 2.31. The molecular weight excluding hydrogens is 352 g/mol. The molecular formula is C17H24ClN8+. The smallest absolute Gasteiger partial charge is 0.235 e. The molecule has 1 fully saturated rings. The first-order chi connectivity index (χ1) is 12.3. The van der Waals surface area contributed by atoms with Crippen molar-refractivity contribution in [2.24, 2.45) is 11.1 Å². The monoisotopic (exact) mass is 375 g/mol. The Morgan fingerprint density at radius 2 is 1.96 bits per heavy atom. The lowest BCUT2D eigenvalue weighted by atomic mass is 9.80. The third kappa shape index (κ3) is 3.56. The van der Waals surface area contributed by atoms with Gasteiger partial charge in [-0.25, -0.2) is 15.0 Å². The van der Waals surface area contributed by atoms with Crippen molar-refractivity contribution in [3.8, 4) is 0 Å². The van der Waals surface area contributed by atoms with E-state index in [0.717, 1.165) is 31.7 Å². The fraction of sp³-hybridized carbons (Fsp3) is 0.412. The second-order valence-electron chi connectivity index (χ2n) is 6.97. The van der Waals surface area contributed by atoms with Crippen LogP contribution in [0.2, 0.25) is 5.02 Å². The number of hydrogen-bond donors (Lipinski definition) is 4. The molecule has 9 heteroatoms. The number of rotatable bonds is 4. The topological polar surface area (TPSA) is 146 Å². The van der Waals surface area contributed by atoms with Gasteiger partial charge in [-0.2, -0.15) is 0 Å². The van der Waals surface area contributed by atoms with Crippen LogP contribution in [0.1, 0.15) is 31.0 Å². The van der Waals surface area contributed by atoms with Gasteiger partial charge in [0.25, 0.3) is 0 Å². The normalized spacial score (nSPS) is 16.5. The molecule has 0 aliphatic carbocycles. The zero-order valence-corrected chi connectivity index (χ0v) is 15.5. The van der Waals surface area contributed by atoms with Crippen LogP contribution in [0.15, 0.2) is 18.5 Å². The molecule has 2 aromatic heterocycles. The van der Waals surface area contributed by atoms with Crippen molar-refractivity contribution in [1.29, 1.82) is 0 Å². The minimum atomic E-state index is 0.186. The molecule has 0 saturated carbocycles. The van der Waals surface area contributed by atoms with E-state index in [-0.39, 0.29) is 11.2 Å². The van der Waals surface area contributed by atoms with Crippen molar-refractivity contribution < 1.29 is 5.41 Å². The van der Waals surface area contributed by atoms with E-state index >= 15 is 0 Å². The van der Waals surface area contributed by atoms with Crippen LogP contribution in [-0.2, 0) is 0 Å². The number of halogens is 1. The van der Waals surface area contributed by atoms with Gasteiger partial charge >= 0.3 is 0 Å². The quantitative estimate of drug-likeness (QED) is 0.543. The highest BCUT2D eigenvalue weighted by Gasteiger charge is 2.30. The number of pyridine rings is 1. The lowest BCUT2D eigenvalue weighted by molar-refractivity contribution is -0.111. The minimum absolute atomic E-state index is 0.186. The molecule has 0 spiro atoms. The van der Waals surface area contributed by atoms with Gasteiger partial charge in [-0.1, -0.05) is 18.5 Å². The molecule has 0 unspecified atom stereocenters. The maximum Gasteiger partial charge on any atom is 0.235 e. The third-order valence-corrected chi connectivity index (χ3v) is 5.30. The van der Waals surface area contributed by atoms with Gasteiger partial charge in [0, 0.05) is 19.3 Å². The van der Waals surface area contributed by atoms with E-state index in [1.165, 1.54) is 6.20 Å². The van der Waals surface area contributed by atoms with Gasteiger partial charge in [-0.3, -0.25) is 5.41 Å². The van der Waals surface area contributed by atoms with E-state index < -0.39 is 0 Å². The van der Waals surface area contributed by atoms with E-state index in [9.17, 15) is 0 Å². The predicted octanol–water partition coefficient (Wildman–Crippen LogP) is -0.149. The molecule has 2 aromatic rings. The predicted molar refractivity (Wildman–Crippen MR) is 104 cm³/mol. The Bertz CT molecular complexity index is 830. The van der Waals surface area contributed by atoms with Crippen LogP contribution in [0, 0.1) is 5.41 Å². The molecule has 138 valence electrons. The van der Waals surface area contributed by atoms with Crippen molar-refractivity contribution in [3.63, 3.8) is 0 Å². The molecule has 8 nitrogen and oxygen atoms in total. The van der Waals surface area contributed by atoms with E-state index in [0.29, 0.717) is 34.4 Å². The standard InChI is InChI=1S/C17H23ClN8/c1-17(9-19)2-4-26(5-3-17)13-8-24-15(16(22)25-13)14(21)10-6-12(20)23-7-11(10)18/h6-8,21H,2-5,9,19H2,1H3,(H2,20,23)(H2,22,25)/p+1. The van der Waals surface area contributed by atoms with Crippen LogP contribution in [0.4, 0.5) is 17.5 Å². The summed E-state index contributed by atoms with van der Waals surface area (Å²) in [5.74, 6) is 1.30. The first-order valence-electron chi connectivity index (χ1n) is 8.45. The largest absolute Gasteiger partial charge is 0.384 e.